The van der Waals surface area contributed by atoms with Crippen LogP contribution >= 0.6 is 0 Å². The molecular weight excluding hydrogens is 374 g/mol. The van der Waals surface area contributed by atoms with Gasteiger partial charge in [0.05, 0.1) is 22.6 Å². The van der Waals surface area contributed by atoms with Gasteiger partial charge in [-0.25, -0.2) is 4.98 Å². The number of aromatic nitrogens is 2. The molecule has 0 bridgehead atoms. The number of carbonyl (C=O) groups excluding carboxylic acids is 1. The Kier molecular flexibility index (Phi) is 5.46. The number of amides is 1. The predicted octanol–water partition coefficient (Wildman–Crippen LogP) is 4.71. The molecule has 0 aliphatic heterocycles. The van der Waals surface area contributed by atoms with Gasteiger partial charge in [-0.2, -0.15) is 0 Å². The summed E-state index contributed by atoms with van der Waals surface area (Å²) >= 11 is 0. The maximum Gasteiger partial charge on any atom is 0.266 e. The average Bonchev–Trinajstić information content (AvgIpc) is 2.68. The molecule has 4 rings (SSSR count). The number of rotatable bonds is 5. The van der Waals surface area contributed by atoms with Crippen molar-refractivity contribution >= 4 is 16.8 Å². The van der Waals surface area contributed by atoms with Crippen LogP contribution in [0.1, 0.15) is 56.1 Å². The zero-order valence-corrected chi connectivity index (χ0v) is 18.2. The zero-order chi connectivity index (χ0) is 21.4. The highest BCUT2D eigenvalue weighted by Gasteiger charge is 2.33. The Hall–Kier alpha value is -2.95. The third-order valence-corrected chi connectivity index (χ3v) is 6.31. The van der Waals surface area contributed by atoms with Crippen LogP contribution in [0.2, 0.25) is 0 Å². The van der Waals surface area contributed by atoms with E-state index in [1.165, 1.54) is 0 Å². The molecule has 1 aromatic heterocycles. The zero-order valence-electron chi connectivity index (χ0n) is 18.2. The quantitative estimate of drug-likeness (QED) is 0.620. The summed E-state index contributed by atoms with van der Waals surface area (Å²) in [7, 11) is 0. The Balaban J connectivity index is 1.93. The van der Waals surface area contributed by atoms with Gasteiger partial charge in [0.1, 0.15) is 5.82 Å². The van der Waals surface area contributed by atoms with E-state index in [1.807, 2.05) is 69.0 Å². The van der Waals surface area contributed by atoms with Crippen molar-refractivity contribution in [3.8, 4) is 5.69 Å². The summed E-state index contributed by atoms with van der Waals surface area (Å²) in [6.07, 6.45) is 3.03. The lowest BCUT2D eigenvalue weighted by Crippen LogP contribution is -2.42. The Morgan fingerprint density at radius 3 is 2.57 bits per heavy atom. The average molecular weight is 404 g/mol. The summed E-state index contributed by atoms with van der Waals surface area (Å²) in [5, 5.41) is 0.585. The van der Waals surface area contributed by atoms with Gasteiger partial charge >= 0.3 is 0 Å². The normalized spacial score (nSPS) is 15.1. The van der Waals surface area contributed by atoms with Crippen LogP contribution in [0.5, 0.6) is 0 Å². The van der Waals surface area contributed by atoms with Crippen molar-refractivity contribution in [3.05, 3.63) is 69.8 Å². The molecule has 5 heteroatoms. The van der Waals surface area contributed by atoms with Crippen molar-refractivity contribution in [2.45, 2.75) is 53.0 Å². The fourth-order valence-electron chi connectivity index (χ4n) is 4.37. The molecule has 1 heterocycles. The number of benzene rings is 2. The van der Waals surface area contributed by atoms with Gasteiger partial charge in [0.25, 0.3) is 5.56 Å². The first-order valence-corrected chi connectivity index (χ1v) is 10.8. The molecule has 0 radical (unpaired) electrons. The first-order valence-electron chi connectivity index (χ1n) is 10.8. The summed E-state index contributed by atoms with van der Waals surface area (Å²) in [4.78, 5) is 33.5. The van der Waals surface area contributed by atoms with Gasteiger partial charge < -0.3 is 4.90 Å². The van der Waals surface area contributed by atoms with E-state index in [1.54, 1.807) is 4.57 Å². The second kappa shape index (κ2) is 8.05. The van der Waals surface area contributed by atoms with Gasteiger partial charge in [-0.15, -0.1) is 0 Å². The van der Waals surface area contributed by atoms with E-state index < -0.39 is 0 Å². The number of aryl methyl sites for hydroxylation is 2. The molecule has 156 valence electrons. The Bertz CT molecular complexity index is 1160. The second-order valence-electron chi connectivity index (χ2n) is 8.35. The predicted molar refractivity (Wildman–Crippen MR) is 120 cm³/mol. The number of nitrogens with zero attached hydrogens (tertiary/aromatic N) is 3. The fourth-order valence-corrected chi connectivity index (χ4v) is 4.37. The van der Waals surface area contributed by atoms with E-state index >= 15 is 0 Å². The number of para-hydroxylation sites is 1. The van der Waals surface area contributed by atoms with Crippen molar-refractivity contribution in [1.29, 1.82) is 0 Å². The molecule has 1 amide bonds. The highest BCUT2D eigenvalue weighted by molar-refractivity contribution is 5.80. The third kappa shape index (κ3) is 3.42. The van der Waals surface area contributed by atoms with Gasteiger partial charge in [-0.3, -0.25) is 14.2 Å². The van der Waals surface area contributed by atoms with Crippen LogP contribution in [0.25, 0.3) is 16.6 Å². The summed E-state index contributed by atoms with van der Waals surface area (Å²) in [5.41, 5.74) is 3.54. The van der Waals surface area contributed by atoms with Crippen molar-refractivity contribution < 1.29 is 4.79 Å². The molecule has 30 heavy (non-hydrogen) atoms. The largest absolute Gasteiger partial charge is 0.333 e. The standard InChI is InChI=1S/C25H29N3O2/c1-5-27(24(29)19-9-8-10-19)18(4)23-26-21-12-7-6-11-20(21)25(30)28(23)22-14-13-16(2)15-17(22)3/h6-7,11-15,18-19H,5,8-10H2,1-4H3. The monoisotopic (exact) mass is 403 g/mol. The SMILES string of the molecule is CCN(C(=O)C1CCC1)C(C)c1nc2ccccc2c(=O)n1-c1ccc(C)cc1C. The highest BCUT2D eigenvalue weighted by Crippen LogP contribution is 2.32. The fraction of sp³-hybridized carbons (Fsp3) is 0.400. The molecule has 1 atom stereocenters. The lowest BCUT2D eigenvalue weighted by atomic mass is 9.84. The van der Waals surface area contributed by atoms with Crippen LogP contribution in [0.4, 0.5) is 0 Å². The minimum absolute atomic E-state index is 0.0958. The number of carbonyl (C=O) groups is 1. The van der Waals surface area contributed by atoms with Gasteiger partial charge in [0.2, 0.25) is 5.91 Å². The van der Waals surface area contributed by atoms with Crippen molar-refractivity contribution in [2.75, 3.05) is 6.54 Å². The van der Waals surface area contributed by atoms with Gasteiger partial charge in [-0.1, -0.05) is 36.2 Å². The Labute approximate surface area is 177 Å². The van der Waals surface area contributed by atoms with E-state index in [-0.39, 0.29) is 23.4 Å². The molecule has 0 saturated heterocycles. The van der Waals surface area contributed by atoms with E-state index in [0.29, 0.717) is 23.3 Å². The Morgan fingerprint density at radius 2 is 1.93 bits per heavy atom. The van der Waals surface area contributed by atoms with E-state index in [0.717, 1.165) is 36.1 Å². The maximum absolute atomic E-state index is 13.6. The minimum atomic E-state index is -0.305. The van der Waals surface area contributed by atoms with E-state index in [9.17, 15) is 9.59 Å². The first-order chi connectivity index (χ1) is 14.4. The molecule has 0 N–H and O–H groups in total. The molecule has 5 nitrogen and oxygen atoms in total. The van der Waals surface area contributed by atoms with Gasteiger partial charge in [0, 0.05) is 12.5 Å². The first kappa shape index (κ1) is 20.3. The van der Waals surface area contributed by atoms with E-state index in [2.05, 4.69) is 6.07 Å². The van der Waals surface area contributed by atoms with Crippen molar-refractivity contribution in [1.82, 2.24) is 14.5 Å². The smallest absolute Gasteiger partial charge is 0.266 e. The summed E-state index contributed by atoms with van der Waals surface area (Å²) in [6.45, 7) is 8.61. The van der Waals surface area contributed by atoms with Crippen molar-refractivity contribution in [3.63, 3.8) is 0 Å². The number of hydrogen-bond acceptors (Lipinski definition) is 3. The summed E-state index contributed by atoms with van der Waals surface area (Å²) in [6, 6.07) is 13.2. The van der Waals surface area contributed by atoms with Crippen LogP contribution in [0, 0.1) is 19.8 Å². The molecule has 1 aliphatic carbocycles. The van der Waals surface area contributed by atoms with Crippen LogP contribution in [-0.2, 0) is 4.79 Å². The maximum atomic E-state index is 13.6. The number of fused-ring (bicyclic) bond motifs is 1. The van der Waals surface area contributed by atoms with Crippen LogP contribution in [-0.4, -0.2) is 26.9 Å². The lowest BCUT2D eigenvalue weighted by molar-refractivity contribution is -0.140. The van der Waals surface area contributed by atoms with Crippen LogP contribution < -0.4 is 5.56 Å². The van der Waals surface area contributed by atoms with Crippen LogP contribution in [0.15, 0.2) is 47.3 Å². The molecule has 0 spiro atoms. The summed E-state index contributed by atoms with van der Waals surface area (Å²) in [5.74, 6) is 0.889. The summed E-state index contributed by atoms with van der Waals surface area (Å²) < 4.78 is 1.71. The Morgan fingerprint density at radius 1 is 1.20 bits per heavy atom. The van der Waals surface area contributed by atoms with Gasteiger partial charge in [-0.05, 0) is 64.3 Å². The van der Waals surface area contributed by atoms with Crippen molar-refractivity contribution in [2.24, 2.45) is 5.92 Å². The third-order valence-electron chi connectivity index (χ3n) is 6.31. The van der Waals surface area contributed by atoms with Gasteiger partial charge in [0.15, 0.2) is 0 Å². The molecule has 1 unspecified atom stereocenters. The molecule has 1 fully saturated rings. The second-order valence-corrected chi connectivity index (χ2v) is 8.35. The topological polar surface area (TPSA) is 55.2 Å². The lowest BCUT2D eigenvalue weighted by Gasteiger charge is -2.35. The minimum Gasteiger partial charge on any atom is -0.333 e. The molecular formula is C25H29N3O2. The number of hydrogen-bond donors (Lipinski definition) is 0. The highest BCUT2D eigenvalue weighted by atomic mass is 16.2. The van der Waals surface area contributed by atoms with Crippen LogP contribution in [0.3, 0.4) is 0 Å². The molecule has 1 saturated carbocycles. The molecule has 3 aromatic rings. The molecule has 2 aromatic carbocycles. The van der Waals surface area contributed by atoms with E-state index in [4.69, 9.17) is 4.98 Å². The molecule has 1 aliphatic rings.